The quantitative estimate of drug-likeness (QED) is 0.588. The molecule has 0 radical (unpaired) electrons. The first-order valence-corrected chi connectivity index (χ1v) is 9.75. The van der Waals surface area contributed by atoms with E-state index in [1.807, 2.05) is 48.5 Å². The molecule has 3 aromatic rings. The minimum atomic E-state index is -0.176. The lowest BCUT2D eigenvalue weighted by Gasteiger charge is -2.24. The molecule has 0 aliphatic carbocycles. The largest absolute Gasteiger partial charge is 0.292 e. The first kappa shape index (κ1) is 18.3. The van der Waals surface area contributed by atoms with Gasteiger partial charge in [-0.25, -0.2) is 0 Å². The summed E-state index contributed by atoms with van der Waals surface area (Å²) >= 11 is 0. The van der Waals surface area contributed by atoms with Gasteiger partial charge in [0.05, 0.1) is 6.04 Å². The van der Waals surface area contributed by atoms with Gasteiger partial charge in [0.2, 0.25) is 0 Å². The zero-order chi connectivity index (χ0) is 19.3. The van der Waals surface area contributed by atoms with E-state index in [2.05, 4.69) is 17.0 Å². The average Bonchev–Trinajstić information content (AvgIpc) is 3.22. The van der Waals surface area contributed by atoms with Crippen LogP contribution in [0.15, 0.2) is 84.9 Å². The normalized spacial score (nSPS) is 16.8. The topological polar surface area (TPSA) is 37.4 Å². The van der Waals surface area contributed by atoms with E-state index in [1.54, 1.807) is 24.3 Å². The Bertz CT molecular complexity index is 966. The Morgan fingerprint density at radius 2 is 1.39 bits per heavy atom. The summed E-state index contributed by atoms with van der Waals surface area (Å²) in [5, 5.41) is 0. The Hall–Kier alpha value is -3.04. The standard InChI is InChI=1S/C25H23NO2/c27-24(20-12-5-2-6-13-20)21-14-7-8-15-22(21)25(28)23-16-9-17-26(23)18-19-10-3-1-4-11-19/h1-8,10-15,23H,9,16-18H2/t23-/m0/s1. The molecule has 28 heavy (non-hydrogen) atoms. The third kappa shape index (κ3) is 3.80. The van der Waals surface area contributed by atoms with Gasteiger partial charge >= 0.3 is 0 Å². The van der Waals surface area contributed by atoms with Crippen LogP contribution < -0.4 is 0 Å². The molecule has 1 fully saturated rings. The maximum absolute atomic E-state index is 13.4. The van der Waals surface area contributed by atoms with Crippen molar-refractivity contribution < 1.29 is 9.59 Å². The number of ketones is 2. The van der Waals surface area contributed by atoms with Crippen LogP contribution in [0.25, 0.3) is 0 Å². The van der Waals surface area contributed by atoms with Gasteiger partial charge in [-0.2, -0.15) is 0 Å². The smallest absolute Gasteiger partial charge is 0.193 e. The van der Waals surface area contributed by atoms with Crippen molar-refractivity contribution in [3.05, 3.63) is 107 Å². The molecule has 0 bridgehead atoms. The van der Waals surface area contributed by atoms with Crippen LogP contribution in [-0.2, 0) is 6.54 Å². The second kappa shape index (κ2) is 8.32. The second-order valence-corrected chi connectivity index (χ2v) is 7.22. The maximum atomic E-state index is 13.4. The van der Waals surface area contributed by atoms with Crippen LogP contribution in [0, 0.1) is 0 Å². The van der Waals surface area contributed by atoms with Gasteiger partial charge in [-0.1, -0.05) is 84.9 Å². The van der Waals surface area contributed by atoms with Gasteiger partial charge in [-0.3, -0.25) is 14.5 Å². The van der Waals surface area contributed by atoms with E-state index in [1.165, 1.54) is 5.56 Å². The third-order valence-electron chi connectivity index (χ3n) is 5.37. The van der Waals surface area contributed by atoms with Crippen molar-refractivity contribution in [3.8, 4) is 0 Å². The van der Waals surface area contributed by atoms with Crippen LogP contribution in [0.4, 0.5) is 0 Å². The molecule has 1 saturated heterocycles. The molecule has 0 saturated carbocycles. The molecule has 1 heterocycles. The molecule has 3 nitrogen and oxygen atoms in total. The number of rotatable bonds is 6. The summed E-state index contributed by atoms with van der Waals surface area (Å²) in [6.45, 7) is 1.66. The number of hydrogen-bond donors (Lipinski definition) is 0. The van der Waals surface area contributed by atoms with Crippen molar-refractivity contribution in [3.63, 3.8) is 0 Å². The summed E-state index contributed by atoms with van der Waals surface area (Å²) < 4.78 is 0. The van der Waals surface area contributed by atoms with Crippen LogP contribution in [0.5, 0.6) is 0 Å². The van der Waals surface area contributed by atoms with Crippen LogP contribution in [0.3, 0.4) is 0 Å². The Labute approximate surface area is 165 Å². The lowest BCUT2D eigenvalue weighted by molar-refractivity contribution is 0.0856. The Balaban J connectivity index is 1.60. The monoisotopic (exact) mass is 369 g/mol. The van der Waals surface area contributed by atoms with Crippen molar-refractivity contribution >= 4 is 11.6 Å². The number of likely N-dealkylation sites (tertiary alicyclic amines) is 1. The van der Waals surface area contributed by atoms with E-state index in [0.717, 1.165) is 25.9 Å². The van der Waals surface area contributed by atoms with Crippen molar-refractivity contribution in [2.75, 3.05) is 6.54 Å². The summed E-state index contributed by atoms with van der Waals surface area (Å²) in [7, 11) is 0. The average molecular weight is 369 g/mol. The highest BCUT2D eigenvalue weighted by Gasteiger charge is 2.33. The molecule has 0 aromatic heterocycles. The molecule has 0 unspecified atom stereocenters. The van der Waals surface area contributed by atoms with Crippen LogP contribution in [-0.4, -0.2) is 29.1 Å². The number of benzene rings is 3. The number of hydrogen-bond acceptors (Lipinski definition) is 3. The zero-order valence-electron chi connectivity index (χ0n) is 15.8. The summed E-state index contributed by atoms with van der Waals surface area (Å²) in [5.41, 5.74) is 2.83. The Kier molecular flexibility index (Phi) is 5.45. The van der Waals surface area contributed by atoms with Crippen LogP contribution in [0.2, 0.25) is 0 Å². The molecule has 1 atom stereocenters. The SMILES string of the molecule is O=C(c1ccccc1)c1ccccc1C(=O)[C@@H]1CCCN1Cc1ccccc1. The predicted molar refractivity (Wildman–Crippen MR) is 111 cm³/mol. The molecule has 3 aromatic carbocycles. The minimum absolute atomic E-state index is 0.0494. The summed E-state index contributed by atoms with van der Waals surface area (Å²) in [6, 6.07) is 26.4. The van der Waals surface area contributed by atoms with Gasteiger partial charge in [-0.15, -0.1) is 0 Å². The molecular formula is C25H23NO2. The van der Waals surface area contributed by atoms with Crippen LogP contribution in [0.1, 0.15) is 44.7 Å². The van der Waals surface area contributed by atoms with Gasteiger partial charge in [0.1, 0.15) is 0 Å². The lowest BCUT2D eigenvalue weighted by atomic mass is 9.92. The molecular weight excluding hydrogens is 346 g/mol. The number of carbonyl (C=O) groups is 2. The molecule has 1 aliphatic heterocycles. The zero-order valence-corrected chi connectivity index (χ0v) is 15.8. The summed E-state index contributed by atoms with van der Waals surface area (Å²) in [4.78, 5) is 28.6. The fraction of sp³-hybridized carbons (Fsp3) is 0.200. The molecule has 4 rings (SSSR count). The van der Waals surface area contributed by atoms with Gasteiger partial charge in [0.15, 0.2) is 11.6 Å². The highest BCUT2D eigenvalue weighted by molar-refractivity contribution is 6.16. The Morgan fingerprint density at radius 1 is 0.786 bits per heavy atom. The van der Waals surface area contributed by atoms with Crippen molar-refractivity contribution in [2.45, 2.75) is 25.4 Å². The molecule has 1 aliphatic rings. The molecule has 0 amide bonds. The van der Waals surface area contributed by atoms with Crippen molar-refractivity contribution in [1.29, 1.82) is 0 Å². The summed E-state index contributed by atoms with van der Waals surface area (Å²) in [5.74, 6) is -0.0505. The predicted octanol–water partition coefficient (Wildman–Crippen LogP) is 4.76. The number of carbonyl (C=O) groups excluding carboxylic acids is 2. The second-order valence-electron chi connectivity index (χ2n) is 7.22. The van der Waals surface area contributed by atoms with Gasteiger partial charge in [-0.05, 0) is 24.9 Å². The number of Topliss-reactive ketones (excluding diaryl/α,β-unsaturated/α-hetero) is 1. The first-order valence-electron chi connectivity index (χ1n) is 9.75. The van der Waals surface area contributed by atoms with E-state index in [9.17, 15) is 9.59 Å². The van der Waals surface area contributed by atoms with Gasteiger partial charge in [0, 0.05) is 23.2 Å². The van der Waals surface area contributed by atoms with Gasteiger partial charge < -0.3 is 0 Å². The highest BCUT2D eigenvalue weighted by Crippen LogP contribution is 2.25. The lowest BCUT2D eigenvalue weighted by Crippen LogP contribution is -2.36. The van der Waals surface area contributed by atoms with Crippen molar-refractivity contribution in [2.24, 2.45) is 0 Å². The first-order chi connectivity index (χ1) is 13.7. The third-order valence-corrected chi connectivity index (χ3v) is 5.37. The molecule has 0 spiro atoms. The fourth-order valence-electron chi connectivity index (χ4n) is 3.95. The molecule has 0 N–H and O–H groups in total. The Morgan fingerprint density at radius 3 is 2.11 bits per heavy atom. The van der Waals surface area contributed by atoms with E-state index >= 15 is 0 Å². The van der Waals surface area contributed by atoms with Crippen molar-refractivity contribution in [1.82, 2.24) is 4.90 Å². The number of nitrogens with zero attached hydrogens (tertiary/aromatic N) is 1. The van der Waals surface area contributed by atoms with Gasteiger partial charge in [0.25, 0.3) is 0 Å². The van der Waals surface area contributed by atoms with E-state index in [4.69, 9.17) is 0 Å². The molecule has 140 valence electrons. The minimum Gasteiger partial charge on any atom is -0.292 e. The van der Waals surface area contributed by atoms with Crippen LogP contribution >= 0.6 is 0 Å². The molecule has 3 heteroatoms. The fourth-order valence-corrected chi connectivity index (χ4v) is 3.95. The highest BCUT2D eigenvalue weighted by atomic mass is 16.1. The van der Waals surface area contributed by atoms with E-state index in [0.29, 0.717) is 16.7 Å². The van der Waals surface area contributed by atoms with E-state index < -0.39 is 0 Å². The maximum Gasteiger partial charge on any atom is 0.193 e. The van der Waals surface area contributed by atoms with E-state index in [-0.39, 0.29) is 17.6 Å². The summed E-state index contributed by atoms with van der Waals surface area (Å²) in [6.07, 6.45) is 1.83.